The first-order valence-electron chi connectivity index (χ1n) is 4.59. The average molecular weight is 230 g/mol. The van der Waals surface area contributed by atoms with Crippen molar-refractivity contribution in [3.8, 4) is 0 Å². The third-order valence-corrected chi connectivity index (χ3v) is 3.13. The topological polar surface area (TPSA) is 55.6 Å². The summed E-state index contributed by atoms with van der Waals surface area (Å²) in [5.41, 5.74) is 0. The van der Waals surface area contributed by atoms with Gasteiger partial charge in [0.2, 0.25) is 0 Å². The van der Waals surface area contributed by atoms with Crippen LogP contribution in [0.4, 0.5) is 10.0 Å². The van der Waals surface area contributed by atoms with E-state index in [1.807, 2.05) is 11.9 Å². The monoisotopic (exact) mass is 230 g/mol. The number of hydrogen-bond donors (Lipinski definition) is 0. The van der Waals surface area contributed by atoms with Gasteiger partial charge in [0.05, 0.1) is 9.92 Å². The molecule has 0 aliphatic heterocycles. The number of ether oxygens (including phenoxy) is 1. The van der Waals surface area contributed by atoms with Gasteiger partial charge in [-0.2, -0.15) is 0 Å². The van der Waals surface area contributed by atoms with Gasteiger partial charge in [0, 0.05) is 33.4 Å². The van der Waals surface area contributed by atoms with Crippen molar-refractivity contribution in [1.82, 2.24) is 0 Å². The Kier molecular flexibility index (Phi) is 4.51. The molecule has 15 heavy (non-hydrogen) atoms. The SMILES string of the molecule is COCCCN(C)c1ccc([N+](=O)[O-])s1. The number of anilines is 1. The van der Waals surface area contributed by atoms with Crippen LogP contribution in [0.5, 0.6) is 0 Å². The predicted molar refractivity (Wildman–Crippen MR) is 60.7 cm³/mol. The van der Waals surface area contributed by atoms with Crippen molar-refractivity contribution in [3.05, 3.63) is 22.2 Å². The molecular formula is C9H14N2O3S. The molecule has 0 amide bonds. The van der Waals surface area contributed by atoms with Crippen molar-refractivity contribution in [2.24, 2.45) is 0 Å². The van der Waals surface area contributed by atoms with Crippen molar-refractivity contribution < 1.29 is 9.66 Å². The van der Waals surface area contributed by atoms with E-state index in [-0.39, 0.29) is 9.92 Å². The molecule has 0 bridgehead atoms. The number of rotatable bonds is 6. The van der Waals surface area contributed by atoms with Crippen LogP contribution >= 0.6 is 11.3 Å². The van der Waals surface area contributed by atoms with Crippen LogP contribution in [-0.4, -0.2) is 32.2 Å². The molecule has 1 heterocycles. The van der Waals surface area contributed by atoms with Gasteiger partial charge in [0.1, 0.15) is 0 Å². The minimum atomic E-state index is -0.364. The maximum absolute atomic E-state index is 10.5. The Morgan fingerprint density at radius 3 is 2.87 bits per heavy atom. The summed E-state index contributed by atoms with van der Waals surface area (Å²) in [6.07, 6.45) is 0.915. The average Bonchev–Trinajstić information content (AvgIpc) is 2.66. The fourth-order valence-corrected chi connectivity index (χ4v) is 1.99. The predicted octanol–water partition coefficient (Wildman–Crippen LogP) is 2.13. The quantitative estimate of drug-likeness (QED) is 0.427. The van der Waals surface area contributed by atoms with E-state index in [0.717, 1.165) is 18.0 Å². The molecule has 1 rings (SSSR count). The highest BCUT2D eigenvalue weighted by molar-refractivity contribution is 7.19. The molecule has 5 nitrogen and oxygen atoms in total. The van der Waals surface area contributed by atoms with Gasteiger partial charge in [0.15, 0.2) is 0 Å². The number of nitro groups is 1. The van der Waals surface area contributed by atoms with E-state index < -0.39 is 0 Å². The second kappa shape index (κ2) is 5.67. The number of nitrogens with zero attached hydrogens (tertiary/aromatic N) is 2. The highest BCUT2D eigenvalue weighted by Gasteiger charge is 2.11. The molecule has 0 N–H and O–H groups in total. The summed E-state index contributed by atoms with van der Waals surface area (Å²) in [6, 6.07) is 3.31. The Labute approximate surface area is 92.4 Å². The van der Waals surface area contributed by atoms with E-state index in [9.17, 15) is 10.1 Å². The first kappa shape index (κ1) is 11.9. The Morgan fingerprint density at radius 2 is 2.33 bits per heavy atom. The molecule has 6 heteroatoms. The molecule has 0 unspecified atom stereocenters. The summed E-state index contributed by atoms with van der Waals surface area (Å²) in [5, 5.41) is 11.6. The zero-order valence-electron chi connectivity index (χ0n) is 8.80. The van der Waals surface area contributed by atoms with E-state index in [0.29, 0.717) is 6.61 Å². The molecule has 0 spiro atoms. The van der Waals surface area contributed by atoms with E-state index >= 15 is 0 Å². The van der Waals surface area contributed by atoms with Crippen LogP contribution in [0.1, 0.15) is 6.42 Å². The minimum absolute atomic E-state index is 0.184. The first-order chi connectivity index (χ1) is 7.15. The fourth-order valence-electron chi connectivity index (χ4n) is 1.18. The molecule has 0 atom stereocenters. The van der Waals surface area contributed by atoms with Gasteiger partial charge in [-0.25, -0.2) is 0 Å². The van der Waals surface area contributed by atoms with Crippen molar-refractivity contribution in [2.75, 3.05) is 32.2 Å². The minimum Gasteiger partial charge on any atom is -0.385 e. The van der Waals surface area contributed by atoms with E-state index in [4.69, 9.17) is 4.74 Å². The summed E-state index contributed by atoms with van der Waals surface area (Å²) in [5.74, 6) is 0. The van der Waals surface area contributed by atoms with Crippen LogP contribution in [0, 0.1) is 10.1 Å². The Hall–Kier alpha value is -1.14. The summed E-state index contributed by atoms with van der Waals surface area (Å²) in [4.78, 5) is 12.1. The largest absolute Gasteiger partial charge is 0.385 e. The Morgan fingerprint density at radius 1 is 1.60 bits per heavy atom. The van der Waals surface area contributed by atoms with Crippen molar-refractivity contribution in [3.63, 3.8) is 0 Å². The molecule has 0 saturated carbocycles. The normalized spacial score (nSPS) is 10.3. The summed E-state index contributed by atoms with van der Waals surface area (Å²) >= 11 is 1.19. The van der Waals surface area contributed by atoms with Crippen LogP contribution in [0.25, 0.3) is 0 Å². The molecular weight excluding hydrogens is 216 g/mol. The molecule has 0 radical (unpaired) electrons. The molecule has 1 aromatic heterocycles. The maximum Gasteiger partial charge on any atom is 0.326 e. The zero-order chi connectivity index (χ0) is 11.3. The highest BCUT2D eigenvalue weighted by Crippen LogP contribution is 2.30. The van der Waals surface area contributed by atoms with Crippen LogP contribution in [0.3, 0.4) is 0 Å². The van der Waals surface area contributed by atoms with Crippen molar-refractivity contribution in [1.29, 1.82) is 0 Å². The molecule has 0 aromatic carbocycles. The smallest absolute Gasteiger partial charge is 0.326 e. The van der Waals surface area contributed by atoms with E-state index in [1.165, 1.54) is 17.4 Å². The molecule has 0 aliphatic rings. The lowest BCUT2D eigenvalue weighted by molar-refractivity contribution is -0.380. The van der Waals surface area contributed by atoms with Crippen molar-refractivity contribution >= 4 is 21.3 Å². The van der Waals surface area contributed by atoms with Gasteiger partial charge < -0.3 is 9.64 Å². The number of methoxy groups -OCH3 is 1. The second-order valence-electron chi connectivity index (χ2n) is 3.14. The molecule has 0 saturated heterocycles. The highest BCUT2D eigenvalue weighted by atomic mass is 32.1. The van der Waals surface area contributed by atoms with Gasteiger partial charge >= 0.3 is 5.00 Å². The first-order valence-corrected chi connectivity index (χ1v) is 5.41. The summed E-state index contributed by atoms with van der Waals surface area (Å²) in [7, 11) is 3.58. The number of hydrogen-bond acceptors (Lipinski definition) is 5. The third-order valence-electron chi connectivity index (χ3n) is 1.98. The van der Waals surface area contributed by atoms with E-state index in [1.54, 1.807) is 13.2 Å². The maximum atomic E-state index is 10.5. The Balaban J connectivity index is 2.50. The molecule has 0 aliphatic carbocycles. The lowest BCUT2D eigenvalue weighted by atomic mass is 10.4. The summed E-state index contributed by atoms with van der Waals surface area (Å²) < 4.78 is 4.94. The van der Waals surface area contributed by atoms with Crippen LogP contribution in [0.2, 0.25) is 0 Å². The van der Waals surface area contributed by atoms with Gasteiger partial charge in [0.25, 0.3) is 0 Å². The van der Waals surface area contributed by atoms with Gasteiger partial charge in [-0.05, 0) is 23.8 Å². The molecule has 84 valence electrons. The summed E-state index contributed by atoms with van der Waals surface area (Å²) in [6.45, 7) is 1.54. The van der Waals surface area contributed by atoms with Gasteiger partial charge in [-0.3, -0.25) is 10.1 Å². The Bertz CT molecular complexity index is 327. The van der Waals surface area contributed by atoms with Gasteiger partial charge in [-0.1, -0.05) is 0 Å². The van der Waals surface area contributed by atoms with Crippen molar-refractivity contribution in [2.45, 2.75) is 6.42 Å². The van der Waals surface area contributed by atoms with Crippen LogP contribution in [-0.2, 0) is 4.74 Å². The second-order valence-corrected chi connectivity index (χ2v) is 4.18. The number of thiophene rings is 1. The van der Waals surface area contributed by atoms with Crippen LogP contribution in [0.15, 0.2) is 12.1 Å². The molecule has 0 fully saturated rings. The fraction of sp³-hybridized carbons (Fsp3) is 0.556. The lowest BCUT2D eigenvalue weighted by Crippen LogP contribution is -2.18. The van der Waals surface area contributed by atoms with E-state index in [2.05, 4.69) is 0 Å². The zero-order valence-corrected chi connectivity index (χ0v) is 9.62. The standard InChI is InChI=1S/C9H14N2O3S/c1-10(6-3-7-14-2)8-4-5-9(15-8)11(12)13/h4-5H,3,6-7H2,1-2H3. The third kappa shape index (κ3) is 3.49. The molecule has 1 aromatic rings. The lowest BCUT2D eigenvalue weighted by Gasteiger charge is -2.15. The van der Waals surface area contributed by atoms with Gasteiger partial charge in [-0.15, -0.1) is 0 Å². The van der Waals surface area contributed by atoms with Crippen LogP contribution < -0.4 is 4.90 Å².